The molecule has 13 heteroatoms. The summed E-state index contributed by atoms with van der Waals surface area (Å²) < 4.78 is 42.9. The van der Waals surface area contributed by atoms with Crippen LogP contribution in [0.4, 0.5) is 13.2 Å². The van der Waals surface area contributed by atoms with Gasteiger partial charge in [0.1, 0.15) is 6.10 Å². The third kappa shape index (κ3) is 7.78. The van der Waals surface area contributed by atoms with E-state index in [1.165, 1.54) is 6.20 Å². The molecule has 3 aromatic rings. The van der Waals surface area contributed by atoms with Crippen molar-refractivity contribution < 1.29 is 32.3 Å². The number of likely N-dealkylation sites (N-methyl/N-ethyl adjacent to an activating group) is 1. The van der Waals surface area contributed by atoms with Crippen molar-refractivity contribution in [1.29, 1.82) is 0 Å². The number of hydrogen-bond donors (Lipinski definition) is 1. The van der Waals surface area contributed by atoms with Crippen LogP contribution in [0.2, 0.25) is 0 Å². The van der Waals surface area contributed by atoms with E-state index in [0.717, 1.165) is 0 Å². The number of benzene rings is 2. The molecule has 0 aliphatic carbocycles. The van der Waals surface area contributed by atoms with Crippen molar-refractivity contribution in [3.63, 3.8) is 0 Å². The lowest BCUT2D eigenvalue weighted by Gasteiger charge is -2.32. The molecule has 4 rings (SSSR count). The molecule has 230 valence electrons. The van der Waals surface area contributed by atoms with Crippen LogP contribution in [-0.4, -0.2) is 94.5 Å². The van der Waals surface area contributed by atoms with Crippen LogP contribution >= 0.6 is 0 Å². The van der Waals surface area contributed by atoms with Gasteiger partial charge in [-0.25, -0.2) is 9.78 Å². The third-order valence-corrected chi connectivity index (χ3v) is 7.59. The van der Waals surface area contributed by atoms with E-state index in [9.17, 15) is 32.3 Å². The summed E-state index contributed by atoms with van der Waals surface area (Å²) in [7, 11) is 1.63. The van der Waals surface area contributed by atoms with Crippen LogP contribution in [0, 0.1) is 0 Å². The van der Waals surface area contributed by atoms with Crippen molar-refractivity contribution in [2.45, 2.75) is 45.0 Å². The molecule has 0 radical (unpaired) electrons. The zero-order valence-electron chi connectivity index (χ0n) is 24.2. The number of ether oxygens (including phenoxy) is 1. The second-order valence-electron chi connectivity index (χ2n) is 10.5. The van der Waals surface area contributed by atoms with Crippen molar-refractivity contribution in [2.24, 2.45) is 0 Å². The Kier molecular flexibility index (Phi) is 9.84. The number of halogens is 3. The highest BCUT2D eigenvalue weighted by molar-refractivity contribution is 5.94. The summed E-state index contributed by atoms with van der Waals surface area (Å²) >= 11 is 0. The number of hydrogen-bond acceptors (Lipinski definition) is 7. The highest BCUT2D eigenvalue weighted by Crippen LogP contribution is 2.27. The first-order valence-corrected chi connectivity index (χ1v) is 14.0. The Hall–Kier alpha value is -4.26. The van der Waals surface area contributed by atoms with E-state index in [4.69, 9.17) is 0 Å². The van der Waals surface area contributed by atoms with Crippen LogP contribution in [0.5, 0.6) is 0 Å². The van der Waals surface area contributed by atoms with Gasteiger partial charge < -0.3 is 19.5 Å². The van der Waals surface area contributed by atoms with E-state index in [1.54, 1.807) is 59.3 Å². The second kappa shape index (κ2) is 13.4. The van der Waals surface area contributed by atoms with Crippen LogP contribution in [0.25, 0.3) is 11.0 Å². The molecular weight excluding hydrogens is 567 g/mol. The molecule has 1 N–H and O–H groups in total. The van der Waals surface area contributed by atoms with E-state index in [-0.39, 0.29) is 43.3 Å². The van der Waals surface area contributed by atoms with Crippen LogP contribution in [0.15, 0.2) is 53.5 Å². The maximum Gasteiger partial charge on any atom is 0.490 e. The van der Waals surface area contributed by atoms with Gasteiger partial charge in [0.25, 0.3) is 11.5 Å². The number of fused-ring (bicyclic) bond motifs is 1. The largest absolute Gasteiger partial charge is 0.490 e. The van der Waals surface area contributed by atoms with Gasteiger partial charge in [-0.1, -0.05) is 18.2 Å². The number of alkyl halides is 3. The highest BCUT2D eigenvalue weighted by atomic mass is 19.4. The first-order chi connectivity index (χ1) is 20.4. The van der Waals surface area contributed by atoms with Gasteiger partial charge in [0.05, 0.1) is 29.7 Å². The number of rotatable bonds is 10. The average Bonchev–Trinajstić information content (AvgIpc) is 3.42. The summed E-state index contributed by atoms with van der Waals surface area (Å²) in [6.07, 6.45) is -4.61. The first-order valence-electron chi connectivity index (χ1n) is 14.0. The summed E-state index contributed by atoms with van der Waals surface area (Å²) in [4.78, 5) is 61.6. The lowest BCUT2D eigenvalue weighted by molar-refractivity contribution is -0.204. The lowest BCUT2D eigenvalue weighted by Crippen LogP contribution is -2.40. The number of amides is 2. The van der Waals surface area contributed by atoms with Crippen molar-refractivity contribution >= 4 is 28.8 Å². The van der Waals surface area contributed by atoms with E-state index < -0.39 is 24.3 Å². The van der Waals surface area contributed by atoms with E-state index >= 15 is 0 Å². The molecular formula is C30H34F3N5O5. The SMILES string of the molecule is CCN(CC)C(=O)c1cccc([C@@H](CN2CC[C@H](OC(=O)C(F)(F)F)C2)N(C)C(=O)Cc2ccc3ncc(=O)[nH]c3c2)c1. The standard InChI is InChI=1S/C30H34F3N5O5/c1-4-38(5-2)28(41)21-8-6-7-20(15-21)25(18-37-12-11-22(17-37)43-29(42)30(31,32)33)36(3)27(40)14-19-9-10-23-24(13-19)35-26(39)16-34-23/h6-10,13,15-16,22,25H,4-5,11-12,14,17-18H2,1-3H3,(H,35,39)/t22-,25+/m0/s1. The topological polar surface area (TPSA) is 116 Å². The third-order valence-electron chi connectivity index (χ3n) is 7.59. The maximum atomic E-state index is 13.6. The Morgan fingerprint density at radius 1 is 1.14 bits per heavy atom. The number of aromatic nitrogens is 2. The number of H-pyrrole nitrogens is 1. The quantitative estimate of drug-likeness (QED) is 0.355. The van der Waals surface area contributed by atoms with E-state index in [2.05, 4.69) is 14.7 Å². The van der Waals surface area contributed by atoms with Gasteiger partial charge >= 0.3 is 12.1 Å². The minimum atomic E-state index is -5.08. The number of carbonyl (C=O) groups is 3. The van der Waals surface area contributed by atoms with Crippen LogP contribution in [-0.2, 0) is 20.7 Å². The van der Waals surface area contributed by atoms with E-state index in [0.29, 0.717) is 47.4 Å². The summed E-state index contributed by atoms with van der Waals surface area (Å²) in [5.74, 6) is -2.63. The average molecular weight is 602 g/mol. The minimum Gasteiger partial charge on any atom is -0.454 e. The number of carbonyl (C=O) groups excluding carboxylic acids is 3. The first kappa shape index (κ1) is 31.7. The van der Waals surface area contributed by atoms with Crippen LogP contribution in [0.3, 0.4) is 0 Å². The van der Waals surface area contributed by atoms with Gasteiger partial charge in [0.15, 0.2) is 0 Å². The summed E-state index contributed by atoms with van der Waals surface area (Å²) in [5.41, 5.74) is 2.49. The van der Waals surface area contributed by atoms with Gasteiger partial charge in [0.2, 0.25) is 5.91 Å². The fourth-order valence-corrected chi connectivity index (χ4v) is 5.22. The van der Waals surface area contributed by atoms with Gasteiger partial charge in [-0.05, 0) is 55.7 Å². The van der Waals surface area contributed by atoms with Crippen LogP contribution in [0.1, 0.15) is 47.8 Å². The number of esters is 1. The molecule has 2 heterocycles. The van der Waals surface area contributed by atoms with E-state index in [1.807, 2.05) is 18.7 Å². The van der Waals surface area contributed by atoms with Crippen molar-refractivity contribution in [3.05, 3.63) is 75.7 Å². The predicted molar refractivity (Wildman–Crippen MR) is 152 cm³/mol. The molecule has 1 fully saturated rings. The molecule has 1 aromatic heterocycles. The highest BCUT2D eigenvalue weighted by Gasteiger charge is 2.43. The molecule has 1 aliphatic rings. The van der Waals surface area contributed by atoms with Crippen molar-refractivity contribution in [2.75, 3.05) is 39.8 Å². The fourth-order valence-electron chi connectivity index (χ4n) is 5.22. The minimum absolute atomic E-state index is 0.00372. The van der Waals surface area contributed by atoms with Gasteiger partial charge in [-0.2, -0.15) is 13.2 Å². The molecule has 0 saturated carbocycles. The summed E-state index contributed by atoms with van der Waals surface area (Å²) in [5, 5.41) is 0. The Morgan fingerprint density at radius 3 is 2.58 bits per heavy atom. The van der Waals surface area contributed by atoms with Crippen molar-refractivity contribution in [1.82, 2.24) is 24.7 Å². The molecule has 1 aliphatic heterocycles. The molecule has 1 saturated heterocycles. The molecule has 0 unspecified atom stereocenters. The molecule has 2 aromatic carbocycles. The Balaban J connectivity index is 1.58. The smallest absolute Gasteiger partial charge is 0.454 e. The Morgan fingerprint density at radius 2 is 1.88 bits per heavy atom. The lowest BCUT2D eigenvalue weighted by atomic mass is 10.0. The molecule has 10 nitrogen and oxygen atoms in total. The second-order valence-corrected chi connectivity index (χ2v) is 10.5. The molecule has 2 atom stereocenters. The maximum absolute atomic E-state index is 13.6. The predicted octanol–water partition coefficient (Wildman–Crippen LogP) is 3.33. The molecule has 0 spiro atoms. The number of nitrogens with one attached hydrogen (secondary N) is 1. The monoisotopic (exact) mass is 601 g/mol. The number of aromatic amines is 1. The Labute approximate surface area is 246 Å². The van der Waals surface area contributed by atoms with Gasteiger partial charge in [-0.15, -0.1) is 0 Å². The van der Waals surface area contributed by atoms with Crippen LogP contribution < -0.4 is 5.56 Å². The molecule has 43 heavy (non-hydrogen) atoms. The van der Waals surface area contributed by atoms with Gasteiger partial charge in [0, 0.05) is 45.3 Å². The molecule has 0 bridgehead atoms. The summed E-state index contributed by atoms with van der Waals surface area (Å²) in [6, 6.07) is 11.6. The summed E-state index contributed by atoms with van der Waals surface area (Å²) in [6.45, 7) is 5.49. The zero-order chi connectivity index (χ0) is 31.3. The number of nitrogens with zero attached hydrogens (tertiary/aromatic N) is 4. The number of likely N-dealkylation sites (tertiary alicyclic amines) is 1. The fraction of sp³-hybridized carbons (Fsp3) is 0.433. The van der Waals surface area contributed by atoms with Gasteiger partial charge in [-0.3, -0.25) is 19.3 Å². The normalized spacial score (nSPS) is 16.2. The Bertz CT molecular complexity index is 1540. The zero-order valence-corrected chi connectivity index (χ0v) is 24.2. The molecule has 2 amide bonds. The van der Waals surface area contributed by atoms with Crippen molar-refractivity contribution in [3.8, 4) is 0 Å².